The first kappa shape index (κ1) is 22.2. The van der Waals surface area contributed by atoms with Crippen LogP contribution in [0.5, 0.6) is 5.75 Å². The summed E-state index contributed by atoms with van der Waals surface area (Å²) in [4.78, 5) is 9.82. The first-order chi connectivity index (χ1) is 16.5. The summed E-state index contributed by atoms with van der Waals surface area (Å²) >= 11 is 0. The first-order valence-electron chi connectivity index (χ1n) is 11.9. The molecule has 1 saturated heterocycles. The van der Waals surface area contributed by atoms with Gasteiger partial charge in [0.05, 0.1) is 18.3 Å². The number of aromatic nitrogens is 1. The summed E-state index contributed by atoms with van der Waals surface area (Å²) in [5.41, 5.74) is 7.57. The molecule has 5 rings (SSSR count). The normalized spacial score (nSPS) is 16.6. The van der Waals surface area contributed by atoms with Gasteiger partial charge in [-0.3, -0.25) is 4.98 Å². The molecule has 174 valence electrons. The number of pyridine rings is 1. The van der Waals surface area contributed by atoms with Crippen molar-refractivity contribution < 1.29 is 4.74 Å². The van der Waals surface area contributed by atoms with Crippen LogP contribution in [0.15, 0.2) is 72.8 Å². The fourth-order valence-electron chi connectivity index (χ4n) is 4.77. The largest absolute Gasteiger partial charge is 0.497 e. The fourth-order valence-corrected chi connectivity index (χ4v) is 4.77. The number of likely N-dealkylation sites (N-methyl/N-ethyl adjacent to an activating group) is 1. The van der Waals surface area contributed by atoms with Crippen LogP contribution in [0.2, 0.25) is 0 Å². The van der Waals surface area contributed by atoms with Crippen LogP contribution in [0.25, 0.3) is 22.0 Å². The van der Waals surface area contributed by atoms with Gasteiger partial charge in [-0.15, -0.1) is 0 Å². The van der Waals surface area contributed by atoms with Crippen molar-refractivity contribution in [2.75, 3.05) is 44.0 Å². The number of nitrogens with one attached hydrogen (secondary N) is 1. The van der Waals surface area contributed by atoms with Crippen molar-refractivity contribution in [3.05, 3.63) is 78.5 Å². The Morgan fingerprint density at radius 1 is 0.971 bits per heavy atom. The molecule has 1 unspecified atom stereocenters. The minimum absolute atomic E-state index is 0.558. The number of piperazine rings is 1. The molecule has 2 heterocycles. The zero-order chi connectivity index (χ0) is 23.7. The Morgan fingerprint density at radius 2 is 1.74 bits per heavy atom. The highest BCUT2D eigenvalue weighted by Crippen LogP contribution is 2.39. The highest BCUT2D eigenvalue weighted by atomic mass is 16.5. The van der Waals surface area contributed by atoms with Gasteiger partial charge in [0.1, 0.15) is 5.75 Å². The molecule has 1 aliphatic rings. The van der Waals surface area contributed by atoms with Gasteiger partial charge in [0.25, 0.3) is 0 Å². The van der Waals surface area contributed by atoms with E-state index in [0.29, 0.717) is 6.04 Å². The lowest BCUT2D eigenvalue weighted by molar-refractivity contribution is 0.234. The standard InChI is InChI=1S/C29H32N4O/c1-20-19-33(17-16-32(20)3)24-12-10-23(11-13-24)31-29-26-15-14-25(34-4)18-27(26)30-21(2)28(29)22-8-6-5-7-9-22/h5-15,18,20H,16-17,19H2,1-4H3,(H,30,31). The van der Waals surface area contributed by atoms with E-state index >= 15 is 0 Å². The van der Waals surface area contributed by atoms with E-state index in [1.54, 1.807) is 7.11 Å². The van der Waals surface area contributed by atoms with E-state index in [-0.39, 0.29) is 0 Å². The van der Waals surface area contributed by atoms with Crippen LogP contribution in [-0.4, -0.2) is 49.7 Å². The van der Waals surface area contributed by atoms with Crippen molar-refractivity contribution in [3.63, 3.8) is 0 Å². The second-order valence-electron chi connectivity index (χ2n) is 9.14. The summed E-state index contributed by atoms with van der Waals surface area (Å²) < 4.78 is 5.45. The van der Waals surface area contributed by atoms with Crippen molar-refractivity contribution >= 4 is 28.0 Å². The monoisotopic (exact) mass is 452 g/mol. The number of nitrogens with zero attached hydrogens (tertiary/aromatic N) is 3. The van der Waals surface area contributed by atoms with Crippen molar-refractivity contribution in [3.8, 4) is 16.9 Å². The minimum Gasteiger partial charge on any atom is -0.497 e. The number of ether oxygens (including phenoxy) is 1. The Labute approximate surface area is 202 Å². The fraction of sp³-hybridized carbons (Fsp3) is 0.276. The predicted octanol–water partition coefficient (Wildman–Crippen LogP) is 6.10. The Morgan fingerprint density at radius 3 is 2.44 bits per heavy atom. The second kappa shape index (κ2) is 9.35. The van der Waals surface area contributed by atoms with Crippen molar-refractivity contribution in [1.29, 1.82) is 0 Å². The molecule has 34 heavy (non-hydrogen) atoms. The Bertz CT molecular complexity index is 1290. The molecule has 0 amide bonds. The molecule has 4 aromatic rings. The van der Waals surface area contributed by atoms with E-state index in [2.05, 4.69) is 90.6 Å². The summed E-state index contributed by atoms with van der Waals surface area (Å²) in [7, 11) is 3.89. The maximum absolute atomic E-state index is 5.45. The van der Waals surface area contributed by atoms with E-state index < -0.39 is 0 Å². The summed E-state index contributed by atoms with van der Waals surface area (Å²) in [5.74, 6) is 0.809. The molecule has 0 aliphatic carbocycles. The van der Waals surface area contributed by atoms with Gasteiger partial charge < -0.3 is 19.9 Å². The molecule has 1 aliphatic heterocycles. The average molecular weight is 453 g/mol. The molecular formula is C29H32N4O. The van der Waals surface area contributed by atoms with Crippen molar-refractivity contribution in [1.82, 2.24) is 9.88 Å². The van der Waals surface area contributed by atoms with Crippen LogP contribution in [0.3, 0.4) is 0 Å². The average Bonchev–Trinajstić information content (AvgIpc) is 2.86. The molecule has 1 atom stereocenters. The Hall–Kier alpha value is -3.57. The van der Waals surface area contributed by atoms with Crippen LogP contribution in [0.4, 0.5) is 17.1 Å². The summed E-state index contributed by atoms with van der Waals surface area (Å²) in [6.45, 7) is 7.57. The molecule has 0 radical (unpaired) electrons. The molecule has 3 aromatic carbocycles. The number of anilines is 3. The first-order valence-corrected chi connectivity index (χ1v) is 11.9. The molecule has 0 saturated carbocycles. The highest BCUT2D eigenvalue weighted by molar-refractivity contribution is 6.02. The third-order valence-electron chi connectivity index (χ3n) is 6.90. The van der Waals surface area contributed by atoms with Gasteiger partial charge in [0.15, 0.2) is 0 Å². The van der Waals surface area contributed by atoms with E-state index in [1.807, 2.05) is 18.2 Å². The Kier molecular flexibility index (Phi) is 6.12. The molecule has 1 aromatic heterocycles. The number of fused-ring (bicyclic) bond motifs is 1. The molecule has 5 nitrogen and oxygen atoms in total. The summed E-state index contributed by atoms with van der Waals surface area (Å²) in [6, 6.07) is 25.9. The molecule has 1 fully saturated rings. The van der Waals surface area contributed by atoms with Gasteiger partial charge in [-0.2, -0.15) is 0 Å². The van der Waals surface area contributed by atoms with Gasteiger partial charge in [-0.25, -0.2) is 0 Å². The van der Waals surface area contributed by atoms with Crippen molar-refractivity contribution in [2.45, 2.75) is 19.9 Å². The van der Waals surface area contributed by atoms with Gasteiger partial charge in [0, 0.05) is 59.8 Å². The van der Waals surface area contributed by atoms with Crippen LogP contribution in [0.1, 0.15) is 12.6 Å². The third-order valence-corrected chi connectivity index (χ3v) is 6.90. The van der Waals surface area contributed by atoms with Gasteiger partial charge in [-0.1, -0.05) is 30.3 Å². The van der Waals surface area contributed by atoms with Crippen LogP contribution in [0, 0.1) is 6.92 Å². The van der Waals surface area contributed by atoms with Crippen LogP contribution in [-0.2, 0) is 0 Å². The molecular weight excluding hydrogens is 420 g/mol. The number of aryl methyl sites for hydroxylation is 1. The SMILES string of the molecule is COc1ccc2c(Nc3ccc(N4CCN(C)C(C)C4)cc3)c(-c3ccccc3)c(C)nc2c1. The minimum atomic E-state index is 0.558. The summed E-state index contributed by atoms with van der Waals surface area (Å²) in [6.07, 6.45) is 0. The number of methoxy groups -OCH3 is 1. The van der Waals surface area contributed by atoms with E-state index in [4.69, 9.17) is 9.72 Å². The van der Waals surface area contributed by atoms with E-state index in [1.165, 1.54) is 5.69 Å². The lowest BCUT2D eigenvalue weighted by Gasteiger charge is -2.39. The maximum Gasteiger partial charge on any atom is 0.121 e. The number of hydrogen-bond donors (Lipinski definition) is 1. The van der Waals surface area contributed by atoms with E-state index in [9.17, 15) is 0 Å². The molecule has 1 N–H and O–H groups in total. The number of benzene rings is 3. The smallest absolute Gasteiger partial charge is 0.121 e. The molecule has 0 spiro atoms. The topological polar surface area (TPSA) is 40.6 Å². The van der Waals surface area contributed by atoms with Gasteiger partial charge in [-0.05, 0) is 62.9 Å². The van der Waals surface area contributed by atoms with Crippen LogP contribution < -0.4 is 15.0 Å². The number of rotatable bonds is 5. The predicted molar refractivity (Wildman–Crippen MR) is 142 cm³/mol. The maximum atomic E-state index is 5.45. The zero-order valence-corrected chi connectivity index (χ0v) is 20.4. The van der Waals surface area contributed by atoms with Crippen molar-refractivity contribution in [2.24, 2.45) is 0 Å². The number of hydrogen-bond acceptors (Lipinski definition) is 5. The van der Waals surface area contributed by atoms with Gasteiger partial charge in [0.2, 0.25) is 0 Å². The zero-order valence-electron chi connectivity index (χ0n) is 20.4. The van der Waals surface area contributed by atoms with E-state index in [0.717, 1.165) is 64.5 Å². The second-order valence-corrected chi connectivity index (χ2v) is 9.14. The summed E-state index contributed by atoms with van der Waals surface area (Å²) in [5, 5.41) is 4.80. The highest BCUT2D eigenvalue weighted by Gasteiger charge is 2.21. The quantitative estimate of drug-likeness (QED) is 0.396. The lowest BCUT2D eigenvalue weighted by Crippen LogP contribution is -2.50. The van der Waals surface area contributed by atoms with Crippen LogP contribution >= 0.6 is 0 Å². The molecule has 0 bridgehead atoms. The van der Waals surface area contributed by atoms with Gasteiger partial charge >= 0.3 is 0 Å². The Balaban J connectivity index is 1.53. The third kappa shape index (κ3) is 4.31. The lowest BCUT2D eigenvalue weighted by atomic mass is 9.98. The molecule has 5 heteroatoms.